The monoisotopic (exact) mass is 411 g/mol. The average molecular weight is 412 g/mol. The largest absolute Gasteiger partial charge is 0.323 e. The molecule has 0 saturated carbocycles. The van der Waals surface area contributed by atoms with E-state index in [-0.39, 0.29) is 6.03 Å². The van der Waals surface area contributed by atoms with Crippen molar-refractivity contribution >= 4 is 17.4 Å². The number of urea groups is 1. The van der Waals surface area contributed by atoms with Crippen LogP contribution in [0.4, 0.5) is 16.2 Å². The predicted molar refractivity (Wildman–Crippen MR) is 125 cm³/mol. The highest BCUT2D eigenvalue weighted by Crippen LogP contribution is 2.32. The summed E-state index contributed by atoms with van der Waals surface area (Å²) in [6.07, 6.45) is 6.53. The second-order valence-corrected chi connectivity index (χ2v) is 7.19. The van der Waals surface area contributed by atoms with Crippen molar-refractivity contribution in [1.29, 1.82) is 0 Å². The fourth-order valence-electron chi connectivity index (χ4n) is 3.40. The van der Waals surface area contributed by atoms with E-state index in [2.05, 4.69) is 29.5 Å². The van der Waals surface area contributed by atoms with Crippen molar-refractivity contribution in [2.24, 2.45) is 0 Å². The second-order valence-electron chi connectivity index (χ2n) is 7.19. The molecule has 0 fully saturated rings. The Hall–Kier alpha value is -3.93. The molecule has 2 aromatic carbocycles. The van der Waals surface area contributed by atoms with E-state index in [0.29, 0.717) is 5.69 Å². The Morgan fingerprint density at radius 3 is 2.35 bits per heavy atom. The van der Waals surface area contributed by atoms with Crippen LogP contribution in [-0.4, -0.2) is 20.8 Å². The first-order valence-electron chi connectivity index (χ1n) is 10.4. The van der Waals surface area contributed by atoms with E-state index in [4.69, 9.17) is 5.10 Å². The zero-order valence-electron chi connectivity index (χ0n) is 17.7. The van der Waals surface area contributed by atoms with Crippen LogP contribution in [0.2, 0.25) is 0 Å². The average Bonchev–Trinajstić information content (AvgIpc) is 3.25. The van der Waals surface area contributed by atoms with Gasteiger partial charge in [-0.3, -0.25) is 9.67 Å². The summed E-state index contributed by atoms with van der Waals surface area (Å²) < 4.78 is 1.91. The standard InChI is InChI=1S/C25H25N5O/c1-3-18-8-10-21(11-9-18)27-25(31)28-22-7-5-6-20(16-22)23-17-30(4-2)29-24(23)19-12-14-26-15-13-19/h5-17H,3-4H2,1-2H3,(H2,27,28,31). The van der Waals surface area contributed by atoms with E-state index in [1.165, 1.54) is 5.56 Å². The summed E-state index contributed by atoms with van der Waals surface area (Å²) in [6.45, 7) is 4.93. The highest BCUT2D eigenvalue weighted by molar-refractivity contribution is 6.00. The molecule has 4 rings (SSSR count). The molecule has 156 valence electrons. The van der Waals surface area contributed by atoms with Gasteiger partial charge in [-0.25, -0.2) is 4.79 Å². The molecule has 0 atom stereocenters. The molecule has 2 heterocycles. The number of benzene rings is 2. The minimum absolute atomic E-state index is 0.278. The van der Waals surface area contributed by atoms with Gasteiger partial charge in [-0.2, -0.15) is 5.10 Å². The molecule has 31 heavy (non-hydrogen) atoms. The first-order chi connectivity index (χ1) is 15.2. The lowest BCUT2D eigenvalue weighted by Crippen LogP contribution is -2.19. The van der Waals surface area contributed by atoms with Gasteiger partial charge in [0.15, 0.2) is 0 Å². The van der Waals surface area contributed by atoms with Crippen LogP contribution in [0.25, 0.3) is 22.4 Å². The minimum atomic E-state index is -0.278. The van der Waals surface area contributed by atoms with Crippen molar-refractivity contribution in [3.63, 3.8) is 0 Å². The van der Waals surface area contributed by atoms with Crippen LogP contribution in [0.1, 0.15) is 19.4 Å². The third-order valence-electron chi connectivity index (χ3n) is 5.09. The van der Waals surface area contributed by atoms with Crippen LogP contribution in [0, 0.1) is 0 Å². The van der Waals surface area contributed by atoms with Crippen molar-refractivity contribution in [3.05, 3.63) is 84.8 Å². The number of nitrogens with one attached hydrogen (secondary N) is 2. The van der Waals surface area contributed by atoms with Crippen LogP contribution < -0.4 is 10.6 Å². The number of nitrogens with zero attached hydrogens (tertiary/aromatic N) is 3. The lowest BCUT2D eigenvalue weighted by atomic mass is 10.0. The highest BCUT2D eigenvalue weighted by Gasteiger charge is 2.13. The summed E-state index contributed by atoms with van der Waals surface area (Å²) in [7, 11) is 0. The maximum Gasteiger partial charge on any atom is 0.323 e. The van der Waals surface area contributed by atoms with E-state index in [9.17, 15) is 4.79 Å². The molecule has 0 aliphatic rings. The van der Waals surface area contributed by atoms with Crippen LogP contribution >= 0.6 is 0 Å². The molecule has 4 aromatic rings. The molecule has 0 aliphatic heterocycles. The van der Waals surface area contributed by atoms with E-state index in [1.54, 1.807) is 12.4 Å². The van der Waals surface area contributed by atoms with Gasteiger partial charge >= 0.3 is 6.03 Å². The number of aryl methyl sites for hydroxylation is 2. The van der Waals surface area contributed by atoms with Gasteiger partial charge in [0.25, 0.3) is 0 Å². The van der Waals surface area contributed by atoms with Crippen LogP contribution in [0.3, 0.4) is 0 Å². The van der Waals surface area contributed by atoms with E-state index >= 15 is 0 Å². The molecule has 0 saturated heterocycles. The third kappa shape index (κ3) is 4.80. The molecule has 2 N–H and O–H groups in total. The van der Waals surface area contributed by atoms with Crippen molar-refractivity contribution in [2.45, 2.75) is 26.8 Å². The third-order valence-corrected chi connectivity index (χ3v) is 5.09. The minimum Gasteiger partial charge on any atom is -0.308 e. The first-order valence-corrected chi connectivity index (χ1v) is 10.4. The Balaban J connectivity index is 1.56. The fourth-order valence-corrected chi connectivity index (χ4v) is 3.40. The molecule has 0 unspecified atom stereocenters. The molecule has 0 bridgehead atoms. The Morgan fingerprint density at radius 2 is 1.65 bits per heavy atom. The number of carbonyl (C=O) groups is 1. The Kier molecular flexibility index (Phi) is 6.08. The van der Waals surface area contributed by atoms with Gasteiger partial charge in [-0.05, 0) is 60.9 Å². The van der Waals surface area contributed by atoms with Gasteiger partial charge in [-0.15, -0.1) is 0 Å². The summed E-state index contributed by atoms with van der Waals surface area (Å²) in [5.41, 5.74) is 6.59. The van der Waals surface area contributed by atoms with E-state index in [0.717, 1.165) is 41.0 Å². The number of hydrogen-bond donors (Lipinski definition) is 2. The Labute approximate surface area is 182 Å². The smallest absolute Gasteiger partial charge is 0.308 e. The quantitative estimate of drug-likeness (QED) is 0.419. The normalized spacial score (nSPS) is 10.6. The van der Waals surface area contributed by atoms with Gasteiger partial charge in [0, 0.05) is 47.6 Å². The maximum absolute atomic E-state index is 12.5. The number of hydrogen-bond acceptors (Lipinski definition) is 3. The molecule has 6 nitrogen and oxygen atoms in total. The number of aromatic nitrogens is 3. The number of pyridine rings is 1. The zero-order chi connectivity index (χ0) is 21.6. The molecular formula is C25H25N5O. The number of carbonyl (C=O) groups excluding carboxylic acids is 1. The number of amides is 2. The second kappa shape index (κ2) is 9.26. The van der Waals surface area contributed by atoms with Crippen molar-refractivity contribution in [3.8, 4) is 22.4 Å². The summed E-state index contributed by atoms with van der Waals surface area (Å²) in [5.74, 6) is 0. The van der Waals surface area contributed by atoms with E-state index < -0.39 is 0 Å². The van der Waals surface area contributed by atoms with Gasteiger partial charge in [-0.1, -0.05) is 31.2 Å². The summed E-state index contributed by atoms with van der Waals surface area (Å²) in [5, 5.41) is 10.5. The van der Waals surface area contributed by atoms with Crippen LogP contribution in [0.15, 0.2) is 79.3 Å². The van der Waals surface area contributed by atoms with Gasteiger partial charge in [0.2, 0.25) is 0 Å². The zero-order valence-corrected chi connectivity index (χ0v) is 17.7. The number of anilines is 2. The molecular weight excluding hydrogens is 386 g/mol. The van der Waals surface area contributed by atoms with Gasteiger partial charge < -0.3 is 10.6 Å². The molecule has 0 radical (unpaired) electrons. The molecule has 2 amide bonds. The van der Waals surface area contributed by atoms with E-state index in [1.807, 2.05) is 71.5 Å². The fraction of sp³-hybridized carbons (Fsp3) is 0.160. The van der Waals surface area contributed by atoms with Crippen molar-refractivity contribution in [1.82, 2.24) is 14.8 Å². The highest BCUT2D eigenvalue weighted by atomic mass is 16.2. The number of rotatable bonds is 6. The van der Waals surface area contributed by atoms with Gasteiger partial charge in [0.05, 0.1) is 0 Å². The van der Waals surface area contributed by atoms with Crippen LogP contribution in [0.5, 0.6) is 0 Å². The topological polar surface area (TPSA) is 71.8 Å². The van der Waals surface area contributed by atoms with Crippen molar-refractivity contribution < 1.29 is 4.79 Å². The predicted octanol–water partition coefficient (Wildman–Crippen LogP) is 5.84. The SMILES string of the molecule is CCc1ccc(NC(=O)Nc2cccc(-c3cn(CC)nc3-c3ccncc3)c2)cc1. The van der Waals surface area contributed by atoms with Crippen molar-refractivity contribution in [2.75, 3.05) is 10.6 Å². The maximum atomic E-state index is 12.5. The molecule has 0 aliphatic carbocycles. The lowest BCUT2D eigenvalue weighted by Gasteiger charge is -2.10. The molecule has 6 heteroatoms. The Bertz CT molecular complexity index is 1170. The molecule has 2 aromatic heterocycles. The van der Waals surface area contributed by atoms with Crippen LogP contribution in [-0.2, 0) is 13.0 Å². The summed E-state index contributed by atoms with van der Waals surface area (Å²) >= 11 is 0. The lowest BCUT2D eigenvalue weighted by molar-refractivity contribution is 0.262. The summed E-state index contributed by atoms with van der Waals surface area (Å²) in [4.78, 5) is 16.6. The Morgan fingerprint density at radius 1 is 0.903 bits per heavy atom. The summed E-state index contributed by atoms with van der Waals surface area (Å²) in [6, 6.07) is 19.3. The van der Waals surface area contributed by atoms with Gasteiger partial charge in [0.1, 0.15) is 5.69 Å². The molecule has 0 spiro atoms. The first kappa shape index (κ1) is 20.3.